The molecular weight excluding hydrogens is 646 g/mol. The molecule has 0 N–H and O–H groups in total. The number of allylic oxidation sites excluding steroid dienone is 8. The first kappa shape index (κ1) is 29.3. The molecule has 0 saturated heterocycles. The Hall–Kier alpha value is 1.06. The summed E-state index contributed by atoms with van der Waals surface area (Å²) in [6.07, 6.45) is 17.7. The van der Waals surface area contributed by atoms with E-state index in [1.54, 1.807) is 10.4 Å². The van der Waals surface area contributed by atoms with Crippen LogP contribution < -0.4 is 0 Å². The van der Waals surface area contributed by atoms with Crippen molar-refractivity contribution in [2.45, 2.75) is 112 Å². The summed E-state index contributed by atoms with van der Waals surface area (Å²) in [6.45, 7) is 24.6. The fourth-order valence-electron chi connectivity index (χ4n) is 5.55. The van der Waals surface area contributed by atoms with E-state index in [1.165, 1.54) is 49.7 Å². The predicted octanol–water partition coefficient (Wildman–Crippen LogP) is 10.4. The topological polar surface area (TPSA) is 0 Å². The molecule has 0 spiro atoms. The number of halogens is 2. The summed E-state index contributed by atoms with van der Waals surface area (Å²) in [5.41, 5.74) is 3.06. The summed E-state index contributed by atoms with van der Waals surface area (Å²) in [5.74, 6) is -1.33. The Morgan fingerprint density at radius 3 is 1.34 bits per heavy atom. The average molecular weight is 695 g/mol. The summed E-state index contributed by atoms with van der Waals surface area (Å²) in [5, 5.41) is 3.32. The quantitative estimate of drug-likeness (QED) is 0.189. The van der Waals surface area contributed by atoms with Crippen molar-refractivity contribution < 1.29 is 15.3 Å². The molecule has 0 radical (unpaired) electrons. The molecule has 2 aliphatic rings. The zero-order chi connectivity index (χ0) is 24.6. The van der Waals surface area contributed by atoms with Gasteiger partial charge in [0, 0.05) is 0 Å². The Labute approximate surface area is 210 Å². The van der Waals surface area contributed by atoms with Gasteiger partial charge in [0.2, 0.25) is 0 Å². The van der Waals surface area contributed by atoms with E-state index < -0.39 is 37.4 Å². The summed E-state index contributed by atoms with van der Waals surface area (Å²) in [4.78, 5) is 0. The average Bonchev–Trinajstić information content (AvgIpc) is 3.30. The molecule has 2 unspecified atom stereocenters. The molecule has 2 atom stereocenters. The molecule has 0 heterocycles. The van der Waals surface area contributed by atoms with Gasteiger partial charge in [0.25, 0.3) is 0 Å². The van der Waals surface area contributed by atoms with E-state index in [2.05, 4.69) is 90.5 Å². The second-order valence-electron chi connectivity index (χ2n) is 12.7. The molecule has 0 bridgehead atoms. The minimum atomic E-state index is -4.45. The molecule has 2 rings (SSSR count). The second kappa shape index (κ2) is 10.6. The van der Waals surface area contributed by atoms with Gasteiger partial charge < -0.3 is 0 Å². The molecule has 0 saturated carbocycles. The first-order chi connectivity index (χ1) is 14.6. The molecule has 0 aromatic heterocycles. The van der Waals surface area contributed by atoms with Gasteiger partial charge in [-0.25, -0.2) is 0 Å². The third-order valence-corrected chi connectivity index (χ3v) is 87.2. The maximum atomic E-state index is 8.26. The van der Waals surface area contributed by atoms with Crippen molar-refractivity contribution in [2.75, 3.05) is 0 Å². The van der Waals surface area contributed by atoms with Crippen LogP contribution in [0.1, 0.15) is 52.4 Å². The monoisotopic (exact) mass is 695 g/mol. The van der Waals surface area contributed by atoms with Gasteiger partial charge in [-0.15, -0.1) is 0 Å². The van der Waals surface area contributed by atoms with Gasteiger partial charge in [0.05, 0.1) is 0 Å². The van der Waals surface area contributed by atoms with Crippen molar-refractivity contribution in [1.82, 2.24) is 0 Å². The van der Waals surface area contributed by atoms with Crippen molar-refractivity contribution in [1.29, 1.82) is 0 Å². The van der Waals surface area contributed by atoms with Crippen LogP contribution in [0.5, 0.6) is 0 Å². The normalized spacial score (nSPS) is 23.6. The minimum absolute atomic E-state index is 0.354. The van der Waals surface area contributed by atoms with Crippen molar-refractivity contribution in [3.05, 3.63) is 45.8 Å². The third-order valence-electron chi connectivity index (χ3n) is 7.77. The fourth-order valence-corrected chi connectivity index (χ4v) is 66.4. The van der Waals surface area contributed by atoms with E-state index in [-0.39, 0.29) is 0 Å². The summed E-state index contributed by atoms with van der Waals surface area (Å²) in [6, 6.07) is 0. The van der Waals surface area contributed by atoms with E-state index in [1.807, 2.05) is 0 Å². The second-order valence-corrected chi connectivity index (χ2v) is 82.5. The molecule has 183 valence electrons. The van der Waals surface area contributed by atoms with Crippen LogP contribution in [0.3, 0.4) is 0 Å². The van der Waals surface area contributed by atoms with Crippen LogP contribution in [-0.2, 0) is 15.3 Å². The van der Waals surface area contributed by atoms with Gasteiger partial charge in [-0.05, 0) is 0 Å². The Kier molecular flexibility index (Phi) is 9.69. The van der Waals surface area contributed by atoms with Crippen LogP contribution in [0.4, 0.5) is 0 Å². The maximum absolute atomic E-state index is 8.26. The standard InChI is InChI=1S/2C12H21Si.C2H7Si.2ClH.Hf/c2*1-5-6-7-11-8-9-12(10-11)13(2,3)4;1-3-2;;;/h2*8-10H,5-7H2,1-4H3;3H,1-2H3;2*1H;/q;;;;;+2/p-2. The van der Waals surface area contributed by atoms with Crippen LogP contribution in [0.25, 0.3) is 0 Å². The summed E-state index contributed by atoms with van der Waals surface area (Å²) in [7, 11) is 13.4. The molecule has 0 fully saturated rings. The number of unbranched alkanes of at least 4 members (excludes halogenated alkanes) is 2. The molecule has 0 aromatic rings. The predicted molar refractivity (Wildman–Crippen MR) is 156 cm³/mol. The summed E-state index contributed by atoms with van der Waals surface area (Å²) < 4.78 is 0.707. The summed E-state index contributed by atoms with van der Waals surface area (Å²) >= 11 is -4.45. The van der Waals surface area contributed by atoms with E-state index >= 15 is 0 Å². The van der Waals surface area contributed by atoms with E-state index in [0.29, 0.717) is 7.35 Å². The first-order valence-corrected chi connectivity index (χ1v) is 42.2. The SMILES string of the molecule is CCCCC1=C[CH]([Hf]([Cl])([Cl])([CH]2C=C(CCCC)C=C2[Si](C)(C)C)[SiH](C)C)C([Si](C)(C)C)=C1. The van der Waals surface area contributed by atoms with Crippen molar-refractivity contribution >= 4 is 39.3 Å². The molecule has 2 aliphatic carbocycles. The van der Waals surface area contributed by atoms with Gasteiger partial charge in [0.1, 0.15) is 0 Å². The molecule has 32 heavy (non-hydrogen) atoms. The van der Waals surface area contributed by atoms with Gasteiger partial charge in [0.15, 0.2) is 0 Å². The van der Waals surface area contributed by atoms with E-state index in [9.17, 15) is 0 Å². The molecule has 0 amide bonds. The molecular formula is C26H49Cl2HfSi3. The Balaban J connectivity index is 2.71. The molecule has 0 aliphatic heterocycles. The number of rotatable bonds is 11. The number of hydrogen-bond donors (Lipinski definition) is 0. The van der Waals surface area contributed by atoms with Gasteiger partial charge in [-0.3, -0.25) is 0 Å². The Morgan fingerprint density at radius 2 is 1.09 bits per heavy atom. The van der Waals surface area contributed by atoms with Crippen molar-refractivity contribution in [3.63, 3.8) is 0 Å². The van der Waals surface area contributed by atoms with E-state index in [4.69, 9.17) is 17.2 Å². The van der Waals surface area contributed by atoms with Gasteiger partial charge >= 0.3 is 213 Å². The number of hydrogen-bond acceptors (Lipinski definition) is 0. The van der Waals surface area contributed by atoms with Crippen LogP contribution in [0.2, 0.25) is 59.7 Å². The van der Waals surface area contributed by atoms with Gasteiger partial charge in [-0.1, -0.05) is 0 Å². The van der Waals surface area contributed by atoms with Gasteiger partial charge in [-0.2, -0.15) is 0 Å². The zero-order valence-corrected chi connectivity index (χ0v) is 30.8. The van der Waals surface area contributed by atoms with Crippen LogP contribution in [0.15, 0.2) is 45.8 Å². The van der Waals surface area contributed by atoms with E-state index in [0.717, 1.165) is 0 Å². The molecule has 0 aromatic carbocycles. The fraction of sp³-hybridized carbons (Fsp3) is 0.692. The Bertz CT molecular complexity index is 761. The zero-order valence-electron chi connectivity index (χ0n) is 22.5. The third kappa shape index (κ3) is 5.89. The first-order valence-electron chi connectivity index (χ1n) is 13.0. The molecule has 6 heteroatoms. The van der Waals surface area contributed by atoms with Crippen LogP contribution in [0, 0.1) is 0 Å². The molecule has 0 nitrogen and oxygen atoms in total. The van der Waals surface area contributed by atoms with Crippen molar-refractivity contribution in [3.8, 4) is 0 Å². The van der Waals surface area contributed by atoms with Crippen molar-refractivity contribution in [2.24, 2.45) is 0 Å². The van der Waals surface area contributed by atoms with Crippen LogP contribution >= 0.6 is 17.2 Å². The van der Waals surface area contributed by atoms with Crippen LogP contribution in [-0.4, -0.2) is 22.1 Å². The Morgan fingerprint density at radius 1 is 0.750 bits per heavy atom.